The molecule has 1 aromatic heterocycles. The molecule has 0 spiro atoms. The van der Waals surface area contributed by atoms with Gasteiger partial charge in [0.1, 0.15) is 23.8 Å². The van der Waals surface area contributed by atoms with E-state index in [1.54, 1.807) is 6.92 Å². The van der Waals surface area contributed by atoms with Gasteiger partial charge >= 0.3 is 5.97 Å². The minimum absolute atomic E-state index is 0.278. The van der Waals surface area contributed by atoms with E-state index in [0.29, 0.717) is 18.2 Å². The van der Waals surface area contributed by atoms with Gasteiger partial charge in [-0.05, 0) is 70.0 Å². The normalized spacial score (nSPS) is 13.0. The number of hydrogen-bond acceptors (Lipinski definition) is 6. The molecule has 31 heavy (non-hydrogen) atoms. The smallest absolute Gasteiger partial charge is 0.342 e. The number of nitrogens with zero attached hydrogens (tertiary/aromatic N) is 1. The first kappa shape index (κ1) is 22.6. The second-order valence-electron chi connectivity index (χ2n) is 7.57. The molecule has 0 N–H and O–H groups in total. The Morgan fingerprint density at radius 3 is 2.32 bits per heavy atom. The van der Waals surface area contributed by atoms with Crippen LogP contribution in [-0.2, 0) is 26.5 Å². The molecule has 0 bridgehead atoms. The SMILES string of the molecule is CCOC(C)(C(=O)OC)c1c(C)cc(OCc2nc(-c3ccccc3)oc2C)cc1C. The van der Waals surface area contributed by atoms with Gasteiger partial charge in [-0.15, -0.1) is 0 Å². The van der Waals surface area contributed by atoms with Crippen LogP contribution in [0.4, 0.5) is 0 Å². The third kappa shape index (κ3) is 4.64. The van der Waals surface area contributed by atoms with Crippen LogP contribution in [-0.4, -0.2) is 24.7 Å². The minimum atomic E-state index is -1.18. The number of methoxy groups -OCH3 is 1. The lowest BCUT2D eigenvalue weighted by molar-refractivity contribution is -0.168. The number of ether oxygens (including phenoxy) is 3. The van der Waals surface area contributed by atoms with Gasteiger partial charge < -0.3 is 18.6 Å². The number of benzene rings is 2. The Morgan fingerprint density at radius 1 is 1.10 bits per heavy atom. The Balaban J connectivity index is 1.83. The first-order valence-electron chi connectivity index (χ1n) is 10.3. The van der Waals surface area contributed by atoms with Gasteiger partial charge in [0.15, 0.2) is 5.60 Å². The lowest BCUT2D eigenvalue weighted by atomic mass is 9.87. The van der Waals surface area contributed by atoms with Gasteiger partial charge in [-0.1, -0.05) is 18.2 Å². The van der Waals surface area contributed by atoms with E-state index in [1.165, 1.54) is 7.11 Å². The van der Waals surface area contributed by atoms with Crippen molar-refractivity contribution < 1.29 is 23.4 Å². The number of aryl methyl sites for hydroxylation is 3. The van der Waals surface area contributed by atoms with Gasteiger partial charge in [0.05, 0.1) is 7.11 Å². The predicted molar refractivity (Wildman–Crippen MR) is 118 cm³/mol. The van der Waals surface area contributed by atoms with E-state index in [4.69, 9.17) is 18.6 Å². The first-order valence-corrected chi connectivity index (χ1v) is 10.3. The lowest BCUT2D eigenvalue weighted by Gasteiger charge is -2.30. The van der Waals surface area contributed by atoms with E-state index in [-0.39, 0.29) is 6.61 Å². The summed E-state index contributed by atoms with van der Waals surface area (Å²) < 4.78 is 22.7. The van der Waals surface area contributed by atoms with Crippen molar-refractivity contribution in [2.45, 2.75) is 46.8 Å². The van der Waals surface area contributed by atoms with Crippen molar-refractivity contribution in [2.75, 3.05) is 13.7 Å². The first-order chi connectivity index (χ1) is 14.8. The summed E-state index contributed by atoms with van der Waals surface area (Å²) in [4.78, 5) is 17.1. The molecule has 164 valence electrons. The van der Waals surface area contributed by atoms with Crippen molar-refractivity contribution in [1.82, 2.24) is 4.98 Å². The highest BCUT2D eigenvalue weighted by Crippen LogP contribution is 2.35. The zero-order valence-corrected chi connectivity index (χ0v) is 18.9. The molecule has 0 radical (unpaired) electrons. The summed E-state index contributed by atoms with van der Waals surface area (Å²) >= 11 is 0. The largest absolute Gasteiger partial charge is 0.487 e. The highest BCUT2D eigenvalue weighted by molar-refractivity contribution is 5.82. The van der Waals surface area contributed by atoms with Gasteiger partial charge in [0.2, 0.25) is 5.89 Å². The van der Waals surface area contributed by atoms with Gasteiger partial charge in [-0.2, -0.15) is 0 Å². The molecule has 0 aliphatic carbocycles. The van der Waals surface area contributed by atoms with Gasteiger partial charge in [0.25, 0.3) is 0 Å². The van der Waals surface area contributed by atoms with Crippen LogP contribution in [0.3, 0.4) is 0 Å². The van der Waals surface area contributed by atoms with Crippen LogP contribution >= 0.6 is 0 Å². The zero-order valence-electron chi connectivity index (χ0n) is 18.9. The molecule has 0 fully saturated rings. The Kier molecular flexibility index (Phi) is 6.81. The molecule has 1 heterocycles. The van der Waals surface area contributed by atoms with Gasteiger partial charge in [-0.25, -0.2) is 9.78 Å². The molecule has 0 amide bonds. The molecule has 0 aliphatic heterocycles. The molecule has 2 aromatic carbocycles. The fraction of sp³-hybridized carbons (Fsp3) is 0.360. The van der Waals surface area contributed by atoms with Crippen LogP contribution in [0.2, 0.25) is 0 Å². The van der Waals surface area contributed by atoms with E-state index in [0.717, 1.165) is 33.7 Å². The van der Waals surface area contributed by atoms with Crippen LogP contribution in [0.5, 0.6) is 5.75 Å². The molecule has 0 saturated carbocycles. The summed E-state index contributed by atoms with van der Waals surface area (Å²) in [5.74, 6) is 1.55. The van der Waals surface area contributed by atoms with Crippen molar-refractivity contribution in [3.05, 3.63) is 70.6 Å². The fourth-order valence-corrected chi connectivity index (χ4v) is 3.89. The Bertz CT molecular complexity index is 1030. The van der Waals surface area contributed by atoms with Gasteiger partial charge in [0, 0.05) is 17.7 Å². The fourth-order valence-electron chi connectivity index (χ4n) is 3.89. The third-order valence-electron chi connectivity index (χ3n) is 5.28. The van der Waals surface area contributed by atoms with E-state index >= 15 is 0 Å². The van der Waals surface area contributed by atoms with E-state index < -0.39 is 11.6 Å². The van der Waals surface area contributed by atoms with Crippen molar-refractivity contribution in [3.8, 4) is 17.2 Å². The van der Waals surface area contributed by atoms with Crippen molar-refractivity contribution >= 4 is 5.97 Å². The number of carbonyl (C=O) groups excluding carboxylic acids is 1. The van der Waals surface area contributed by atoms with Crippen LogP contribution < -0.4 is 4.74 Å². The summed E-state index contributed by atoms with van der Waals surface area (Å²) in [5.41, 5.74) is 3.05. The maximum absolute atomic E-state index is 12.5. The Hall–Kier alpha value is -3.12. The molecule has 0 aliphatic rings. The van der Waals surface area contributed by atoms with Crippen LogP contribution in [0.25, 0.3) is 11.5 Å². The highest BCUT2D eigenvalue weighted by Gasteiger charge is 2.40. The number of rotatable bonds is 8. The van der Waals surface area contributed by atoms with Crippen LogP contribution in [0, 0.1) is 20.8 Å². The third-order valence-corrected chi connectivity index (χ3v) is 5.28. The topological polar surface area (TPSA) is 70.8 Å². The molecule has 6 heteroatoms. The molecule has 1 atom stereocenters. The summed E-state index contributed by atoms with van der Waals surface area (Å²) in [7, 11) is 1.37. The number of carbonyl (C=O) groups is 1. The van der Waals surface area contributed by atoms with Crippen LogP contribution in [0.1, 0.15) is 42.0 Å². The molecule has 6 nitrogen and oxygen atoms in total. The summed E-state index contributed by atoms with van der Waals surface area (Å²) in [6.07, 6.45) is 0. The summed E-state index contributed by atoms with van der Waals surface area (Å²) in [5, 5.41) is 0. The Labute approximate surface area is 183 Å². The second-order valence-corrected chi connectivity index (χ2v) is 7.57. The van der Waals surface area contributed by atoms with Crippen molar-refractivity contribution in [2.24, 2.45) is 0 Å². The van der Waals surface area contributed by atoms with Crippen molar-refractivity contribution in [1.29, 1.82) is 0 Å². The average Bonchev–Trinajstić information content (AvgIpc) is 3.12. The molecular formula is C25H29NO5. The molecular weight excluding hydrogens is 394 g/mol. The number of hydrogen-bond donors (Lipinski definition) is 0. The molecule has 1 unspecified atom stereocenters. The quantitative estimate of drug-likeness (QED) is 0.460. The van der Waals surface area contributed by atoms with E-state index in [9.17, 15) is 4.79 Å². The number of aromatic nitrogens is 1. The zero-order chi connectivity index (χ0) is 22.6. The van der Waals surface area contributed by atoms with Gasteiger partial charge in [-0.3, -0.25) is 0 Å². The summed E-state index contributed by atoms with van der Waals surface area (Å²) in [6, 6.07) is 13.6. The predicted octanol–water partition coefficient (Wildman–Crippen LogP) is 5.27. The summed E-state index contributed by atoms with van der Waals surface area (Å²) in [6.45, 7) is 10.0. The number of oxazole rings is 1. The highest BCUT2D eigenvalue weighted by atomic mass is 16.6. The maximum Gasteiger partial charge on any atom is 0.342 e. The standard InChI is InChI=1S/C25H29NO5/c1-7-30-25(5,24(27)28-6)22-16(2)13-20(14-17(22)3)29-15-21-18(4)31-23(26-21)19-11-9-8-10-12-19/h8-14H,7,15H2,1-6H3. The average molecular weight is 424 g/mol. The van der Waals surface area contributed by atoms with Crippen LogP contribution in [0.15, 0.2) is 46.9 Å². The Morgan fingerprint density at radius 2 is 1.74 bits per heavy atom. The second kappa shape index (κ2) is 9.35. The number of esters is 1. The molecule has 0 saturated heterocycles. The van der Waals surface area contributed by atoms with E-state index in [1.807, 2.05) is 70.2 Å². The maximum atomic E-state index is 12.5. The minimum Gasteiger partial charge on any atom is -0.487 e. The molecule has 3 aromatic rings. The molecule has 3 rings (SSSR count). The van der Waals surface area contributed by atoms with Crippen molar-refractivity contribution in [3.63, 3.8) is 0 Å². The lowest BCUT2D eigenvalue weighted by Crippen LogP contribution is -2.38. The van der Waals surface area contributed by atoms with E-state index in [2.05, 4.69) is 4.98 Å². The monoisotopic (exact) mass is 423 g/mol.